The normalized spacial score (nSPS) is 15.7. The molecule has 1 aliphatic rings. The second kappa shape index (κ2) is 7.65. The Kier molecular flexibility index (Phi) is 5.50. The third-order valence-corrected chi connectivity index (χ3v) is 6.43. The maximum atomic E-state index is 12.9. The fraction of sp³-hybridized carbons (Fsp3) is 0.278. The molecule has 0 aliphatic carbocycles. The van der Waals surface area contributed by atoms with Crippen LogP contribution in [0.3, 0.4) is 0 Å². The molecule has 2 aromatic rings. The summed E-state index contributed by atoms with van der Waals surface area (Å²) >= 11 is 6.03. The summed E-state index contributed by atoms with van der Waals surface area (Å²) in [6.07, 6.45) is 0. The number of hydrogen-bond acceptors (Lipinski definition) is 5. The highest BCUT2D eigenvalue weighted by atomic mass is 35.5. The summed E-state index contributed by atoms with van der Waals surface area (Å²) in [5.41, 5.74) is 1.19. The number of carbonyl (C=O) groups is 1. The molecule has 6 nitrogen and oxygen atoms in total. The van der Waals surface area contributed by atoms with E-state index in [1.807, 2.05) is 18.2 Å². The fourth-order valence-electron chi connectivity index (χ4n) is 2.91. The van der Waals surface area contributed by atoms with E-state index in [4.69, 9.17) is 11.6 Å². The molecule has 1 heterocycles. The first-order valence-corrected chi connectivity index (χ1v) is 9.92. The summed E-state index contributed by atoms with van der Waals surface area (Å²) in [7, 11) is -2.40. The van der Waals surface area contributed by atoms with Gasteiger partial charge in [-0.25, -0.2) is 13.2 Å². The van der Waals surface area contributed by atoms with Crippen molar-refractivity contribution in [1.82, 2.24) is 4.31 Å². The Balaban J connectivity index is 1.75. The van der Waals surface area contributed by atoms with Crippen LogP contribution in [0.4, 0.5) is 5.69 Å². The van der Waals surface area contributed by atoms with Gasteiger partial charge in [0.2, 0.25) is 10.0 Å². The van der Waals surface area contributed by atoms with Crippen molar-refractivity contribution in [3.8, 4) is 0 Å². The van der Waals surface area contributed by atoms with E-state index >= 15 is 0 Å². The highest BCUT2D eigenvalue weighted by molar-refractivity contribution is 7.89. The van der Waals surface area contributed by atoms with Crippen molar-refractivity contribution in [2.45, 2.75) is 4.90 Å². The lowest BCUT2D eigenvalue weighted by Crippen LogP contribution is -2.48. The number of rotatable bonds is 4. The molecule has 1 saturated heterocycles. The van der Waals surface area contributed by atoms with Crippen molar-refractivity contribution in [1.29, 1.82) is 0 Å². The smallest absolute Gasteiger partial charge is 0.337 e. The lowest BCUT2D eigenvalue weighted by Gasteiger charge is -2.35. The van der Waals surface area contributed by atoms with Crippen LogP contribution >= 0.6 is 11.6 Å². The van der Waals surface area contributed by atoms with E-state index in [2.05, 4.69) is 9.64 Å². The summed E-state index contributed by atoms with van der Waals surface area (Å²) in [5.74, 6) is -0.562. The molecule has 0 atom stereocenters. The molecule has 0 spiro atoms. The van der Waals surface area contributed by atoms with Crippen LogP contribution in [-0.2, 0) is 14.8 Å². The lowest BCUT2D eigenvalue weighted by molar-refractivity contribution is 0.0600. The first kappa shape index (κ1) is 18.7. The summed E-state index contributed by atoms with van der Waals surface area (Å²) in [4.78, 5) is 13.8. The van der Waals surface area contributed by atoms with E-state index < -0.39 is 16.0 Å². The van der Waals surface area contributed by atoms with E-state index in [9.17, 15) is 13.2 Å². The molecule has 138 valence electrons. The Hall–Kier alpha value is -2.09. The average Bonchev–Trinajstić information content (AvgIpc) is 2.67. The van der Waals surface area contributed by atoms with Crippen molar-refractivity contribution in [3.63, 3.8) is 0 Å². The summed E-state index contributed by atoms with van der Waals surface area (Å²) in [6.45, 7) is 1.85. The second-order valence-electron chi connectivity index (χ2n) is 5.89. The van der Waals surface area contributed by atoms with Gasteiger partial charge in [0.25, 0.3) is 0 Å². The molecule has 3 rings (SSSR count). The number of piperazine rings is 1. The number of esters is 1. The predicted octanol–water partition coefficient (Wildman–Crippen LogP) is 2.64. The van der Waals surface area contributed by atoms with E-state index in [0.29, 0.717) is 31.2 Å². The van der Waals surface area contributed by atoms with Crippen LogP contribution in [0.2, 0.25) is 5.02 Å². The molecule has 2 aromatic carbocycles. The average molecular weight is 395 g/mol. The largest absolute Gasteiger partial charge is 0.465 e. The molecule has 0 radical (unpaired) electrons. The first-order chi connectivity index (χ1) is 12.4. The van der Waals surface area contributed by atoms with Gasteiger partial charge in [-0.15, -0.1) is 0 Å². The van der Waals surface area contributed by atoms with Crippen LogP contribution in [0.25, 0.3) is 0 Å². The minimum atomic E-state index is -3.67. The van der Waals surface area contributed by atoms with Crippen molar-refractivity contribution in [2.24, 2.45) is 0 Å². The van der Waals surface area contributed by atoms with Gasteiger partial charge in [0.05, 0.1) is 17.6 Å². The molecule has 1 fully saturated rings. The Morgan fingerprint density at radius 3 is 2.38 bits per heavy atom. The molecule has 0 aromatic heterocycles. The number of ether oxygens (including phenoxy) is 1. The highest BCUT2D eigenvalue weighted by Gasteiger charge is 2.29. The van der Waals surface area contributed by atoms with E-state index in [-0.39, 0.29) is 10.5 Å². The highest BCUT2D eigenvalue weighted by Crippen LogP contribution is 2.24. The quantitative estimate of drug-likeness (QED) is 0.746. The molecule has 0 N–H and O–H groups in total. The second-order valence-corrected chi connectivity index (χ2v) is 8.26. The van der Waals surface area contributed by atoms with Crippen molar-refractivity contribution in [3.05, 3.63) is 59.1 Å². The number of sulfonamides is 1. The molecule has 0 amide bonds. The van der Waals surface area contributed by atoms with Crippen molar-refractivity contribution in [2.75, 3.05) is 38.2 Å². The van der Waals surface area contributed by atoms with Gasteiger partial charge in [0.1, 0.15) is 0 Å². The number of methoxy groups -OCH3 is 1. The van der Waals surface area contributed by atoms with Gasteiger partial charge in [-0.2, -0.15) is 4.31 Å². The first-order valence-electron chi connectivity index (χ1n) is 8.11. The van der Waals surface area contributed by atoms with Gasteiger partial charge >= 0.3 is 5.97 Å². The zero-order chi connectivity index (χ0) is 18.7. The van der Waals surface area contributed by atoms with E-state index in [0.717, 1.165) is 5.69 Å². The van der Waals surface area contributed by atoms with Gasteiger partial charge in [0.15, 0.2) is 0 Å². The molecule has 8 heteroatoms. The zero-order valence-electron chi connectivity index (χ0n) is 14.3. The Morgan fingerprint density at radius 1 is 1.04 bits per heavy atom. The van der Waals surface area contributed by atoms with Crippen LogP contribution in [0.1, 0.15) is 10.4 Å². The molecule has 1 aliphatic heterocycles. The van der Waals surface area contributed by atoms with Crippen molar-refractivity contribution >= 4 is 33.3 Å². The van der Waals surface area contributed by atoms with Crippen LogP contribution < -0.4 is 4.90 Å². The van der Waals surface area contributed by atoms with Gasteiger partial charge in [-0.3, -0.25) is 0 Å². The molecular weight excluding hydrogens is 376 g/mol. The van der Waals surface area contributed by atoms with Crippen LogP contribution in [0.5, 0.6) is 0 Å². The molecule has 0 unspecified atom stereocenters. The molecule has 0 saturated carbocycles. The molecule has 0 bridgehead atoms. The summed E-state index contributed by atoms with van der Waals surface area (Å²) in [6, 6.07) is 13.4. The van der Waals surface area contributed by atoms with Gasteiger partial charge in [-0.1, -0.05) is 23.7 Å². The lowest BCUT2D eigenvalue weighted by atomic mass is 10.2. The fourth-order valence-corrected chi connectivity index (χ4v) is 4.56. The maximum absolute atomic E-state index is 12.9. The van der Waals surface area contributed by atoms with Crippen LogP contribution in [-0.4, -0.2) is 52.0 Å². The van der Waals surface area contributed by atoms with E-state index in [1.54, 1.807) is 12.1 Å². The maximum Gasteiger partial charge on any atom is 0.337 e. The predicted molar refractivity (Wildman–Crippen MR) is 100 cm³/mol. The number of carbonyl (C=O) groups excluding carboxylic acids is 1. The number of benzene rings is 2. The third kappa shape index (κ3) is 3.85. The van der Waals surface area contributed by atoms with Crippen LogP contribution in [0.15, 0.2) is 53.4 Å². The Morgan fingerprint density at radius 2 is 1.73 bits per heavy atom. The standard InChI is InChI=1S/C18H19ClN2O4S/c1-25-18(22)14-4-2-7-17(12-14)26(23,24)21-10-8-20(9-11-21)16-6-3-5-15(19)13-16/h2-7,12-13H,8-11H2,1H3. The summed E-state index contributed by atoms with van der Waals surface area (Å²) in [5, 5.41) is 0.650. The van der Waals surface area contributed by atoms with E-state index in [1.165, 1.54) is 29.6 Å². The topological polar surface area (TPSA) is 66.9 Å². The van der Waals surface area contributed by atoms with Gasteiger partial charge in [-0.05, 0) is 36.4 Å². The minimum absolute atomic E-state index is 0.0941. The number of nitrogens with zero attached hydrogens (tertiary/aromatic N) is 2. The third-order valence-electron chi connectivity index (χ3n) is 4.30. The molecule has 26 heavy (non-hydrogen) atoms. The monoisotopic (exact) mass is 394 g/mol. The Labute approximate surface area is 158 Å². The van der Waals surface area contributed by atoms with Gasteiger partial charge < -0.3 is 9.64 Å². The SMILES string of the molecule is COC(=O)c1cccc(S(=O)(=O)N2CCN(c3cccc(Cl)c3)CC2)c1. The van der Waals surface area contributed by atoms with Crippen LogP contribution in [0, 0.1) is 0 Å². The van der Waals surface area contributed by atoms with Gasteiger partial charge in [0, 0.05) is 36.9 Å². The molecular formula is C18H19ClN2O4S. The zero-order valence-corrected chi connectivity index (χ0v) is 15.8. The summed E-state index contributed by atoms with van der Waals surface area (Å²) < 4.78 is 31.9. The number of hydrogen-bond donors (Lipinski definition) is 0. The number of halogens is 1. The Bertz CT molecular complexity index is 909. The van der Waals surface area contributed by atoms with Crippen molar-refractivity contribution < 1.29 is 17.9 Å². The number of anilines is 1. The minimum Gasteiger partial charge on any atom is -0.465 e.